The molecule has 0 aliphatic carbocycles. The van der Waals surface area contributed by atoms with Crippen LogP contribution >= 0.6 is 0 Å². The molecule has 1 saturated heterocycles. The molecule has 2 N–H and O–H groups in total. The van der Waals surface area contributed by atoms with Crippen LogP contribution in [0.15, 0.2) is 29.4 Å². The molecule has 134 valence electrons. The molecule has 0 bridgehead atoms. The predicted molar refractivity (Wildman–Crippen MR) is 92.2 cm³/mol. The van der Waals surface area contributed by atoms with Crippen molar-refractivity contribution < 1.29 is 19.2 Å². The quantitative estimate of drug-likeness (QED) is 0.802. The van der Waals surface area contributed by atoms with Gasteiger partial charge in [-0.3, -0.25) is 9.59 Å². The van der Waals surface area contributed by atoms with Crippen LogP contribution in [0, 0.1) is 6.92 Å². The van der Waals surface area contributed by atoms with Crippen molar-refractivity contribution in [2.24, 2.45) is 5.16 Å². The molecule has 2 aliphatic heterocycles. The van der Waals surface area contributed by atoms with Crippen molar-refractivity contribution in [3.05, 3.63) is 35.4 Å². The standard InChI is InChI=1S/C18H23N3O4/c1-12-4-6-13(7-5-12)15-9-16(25-21-15)18(23)20-11-17(22)19-10-14-3-2-8-24-14/h4-7,14,16H,2-3,8-11H2,1H3,(H,19,22)(H,20,23). The second-order valence-corrected chi connectivity index (χ2v) is 6.36. The maximum Gasteiger partial charge on any atom is 0.264 e. The molecular weight excluding hydrogens is 322 g/mol. The Morgan fingerprint density at radius 2 is 2.04 bits per heavy atom. The molecule has 1 aromatic rings. The van der Waals surface area contributed by atoms with Crippen molar-refractivity contribution in [3.63, 3.8) is 0 Å². The number of benzene rings is 1. The Kier molecular flexibility index (Phi) is 5.65. The molecule has 1 aromatic carbocycles. The number of carbonyl (C=O) groups excluding carboxylic acids is 2. The first-order chi connectivity index (χ1) is 12.1. The van der Waals surface area contributed by atoms with E-state index in [0.717, 1.165) is 36.3 Å². The number of ether oxygens (including phenoxy) is 1. The molecule has 7 heteroatoms. The summed E-state index contributed by atoms with van der Waals surface area (Å²) in [6.45, 7) is 3.16. The van der Waals surface area contributed by atoms with E-state index in [-0.39, 0.29) is 24.5 Å². The van der Waals surface area contributed by atoms with Crippen LogP contribution in [0.4, 0.5) is 0 Å². The highest BCUT2D eigenvalue weighted by molar-refractivity contribution is 6.04. The van der Waals surface area contributed by atoms with Crippen LogP contribution in [0.3, 0.4) is 0 Å². The van der Waals surface area contributed by atoms with Crippen molar-refractivity contribution in [3.8, 4) is 0 Å². The fourth-order valence-corrected chi connectivity index (χ4v) is 2.81. The van der Waals surface area contributed by atoms with Gasteiger partial charge in [-0.05, 0) is 25.3 Å². The smallest absolute Gasteiger partial charge is 0.264 e. The molecule has 2 heterocycles. The van der Waals surface area contributed by atoms with E-state index in [4.69, 9.17) is 9.57 Å². The number of oxime groups is 1. The van der Waals surface area contributed by atoms with Gasteiger partial charge in [0.05, 0.1) is 18.4 Å². The summed E-state index contributed by atoms with van der Waals surface area (Å²) in [6.07, 6.45) is 1.78. The third-order valence-electron chi connectivity index (χ3n) is 4.32. The Morgan fingerprint density at radius 3 is 2.76 bits per heavy atom. The fourth-order valence-electron chi connectivity index (χ4n) is 2.81. The van der Waals surface area contributed by atoms with E-state index >= 15 is 0 Å². The maximum atomic E-state index is 12.1. The average Bonchev–Trinajstić information content (AvgIpc) is 3.30. The van der Waals surface area contributed by atoms with Crippen molar-refractivity contribution in [2.75, 3.05) is 19.7 Å². The summed E-state index contributed by atoms with van der Waals surface area (Å²) in [5.74, 6) is -0.570. The topological polar surface area (TPSA) is 89.0 Å². The van der Waals surface area contributed by atoms with Crippen molar-refractivity contribution >= 4 is 17.5 Å². The number of aryl methyl sites for hydroxylation is 1. The van der Waals surface area contributed by atoms with Gasteiger partial charge in [-0.1, -0.05) is 35.0 Å². The minimum atomic E-state index is -0.692. The third-order valence-corrected chi connectivity index (χ3v) is 4.32. The molecule has 0 radical (unpaired) electrons. The summed E-state index contributed by atoms with van der Waals surface area (Å²) in [5, 5.41) is 9.35. The highest BCUT2D eigenvalue weighted by Gasteiger charge is 2.29. The van der Waals surface area contributed by atoms with Crippen molar-refractivity contribution in [1.29, 1.82) is 0 Å². The first-order valence-electron chi connectivity index (χ1n) is 8.57. The molecule has 0 spiro atoms. The van der Waals surface area contributed by atoms with Gasteiger partial charge in [-0.25, -0.2) is 0 Å². The largest absolute Gasteiger partial charge is 0.382 e. The number of nitrogens with zero attached hydrogens (tertiary/aromatic N) is 1. The summed E-state index contributed by atoms with van der Waals surface area (Å²) < 4.78 is 5.43. The van der Waals surface area contributed by atoms with Crippen LogP contribution in [0.25, 0.3) is 0 Å². The summed E-state index contributed by atoms with van der Waals surface area (Å²) >= 11 is 0. The molecule has 2 atom stereocenters. The molecule has 25 heavy (non-hydrogen) atoms. The SMILES string of the molecule is Cc1ccc(C2=NOC(C(=O)NCC(=O)NCC3CCCO3)C2)cc1. The van der Waals surface area contributed by atoms with Crippen LogP contribution in [-0.4, -0.2) is 49.4 Å². The van der Waals surface area contributed by atoms with Crippen molar-refractivity contribution in [2.45, 2.75) is 38.4 Å². The lowest BCUT2D eigenvalue weighted by molar-refractivity contribution is -0.133. The van der Waals surface area contributed by atoms with E-state index in [1.165, 1.54) is 0 Å². The van der Waals surface area contributed by atoms with Crippen LogP contribution in [-0.2, 0) is 19.2 Å². The predicted octanol–water partition coefficient (Wildman–Crippen LogP) is 0.899. The second kappa shape index (κ2) is 8.11. The number of amides is 2. The molecule has 2 amide bonds. The zero-order valence-corrected chi connectivity index (χ0v) is 14.3. The Morgan fingerprint density at radius 1 is 1.24 bits per heavy atom. The normalized spacial score (nSPS) is 22.2. The third kappa shape index (κ3) is 4.79. The van der Waals surface area contributed by atoms with E-state index in [2.05, 4.69) is 15.8 Å². The molecule has 1 fully saturated rings. The summed E-state index contributed by atoms with van der Waals surface area (Å²) in [4.78, 5) is 29.1. The van der Waals surface area contributed by atoms with Gasteiger partial charge < -0.3 is 20.2 Å². The lowest BCUT2D eigenvalue weighted by Crippen LogP contribution is -2.43. The Bertz CT molecular complexity index is 651. The van der Waals surface area contributed by atoms with E-state index in [9.17, 15) is 9.59 Å². The number of carbonyl (C=O) groups is 2. The van der Waals surface area contributed by atoms with Gasteiger partial charge in [0, 0.05) is 19.6 Å². The number of nitrogens with one attached hydrogen (secondary N) is 2. The Labute approximate surface area is 146 Å². The van der Waals surface area contributed by atoms with Crippen LogP contribution < -0.4 is 10.6 Å². The summed E-state index contributed by atoms with van der Waals surface area (Å²) in [5.41, 5.74) is 2.84. The molecule has 0 aromatic heterocycles. The number of rotatable bonds is 6. The lowest BCUT2D eigenvalue weighted by Gasteiger charge is -2.12. The Balaban J connectivity index is 1.39. The van der Waals surface area contributed by atoms with Crippen LogP contribution in [0.5, 0.6) is 0 Å². The van der Waals surface area contributed by atoms with E-state index < -0.39 is 6.10 Å². The van der Waals surface area contributed by atoms with Gasteiger partial charge in [-0.2, -0.15) is 0 Å². The molecule has 2 unspecified atom stereocenters. The molecule has 3 rings (SSSR count). The molecule has 2 aliphatic rings. The van der Waals surface area contributed by atoms with E-state index in [1.807, 2.05) is 31.2 Å². The van der Waals surface area contributed by atoms with Gasteiger partial charge in [0.1, 0.15) is 0 Å². The molecular formula is C18H23N3O4. The monoisotopic (exact) mass is 345 g/mol. The van der Waals surface area contributed by atoms with Crippen molar-refractivity contribution in [1.82, 2.24) is 10.6 Å². The lowest BCUT2D eigenvalue weighted by atomic mass is 10.0. The van der Waals surface area contributed by atoms with Gasteiger partial charge in [-0.15, -0.1) is 0 Å². The number of hydrogen-bond donors (Lipinski definition) is 2. The molecule has 7 nitrogen and oxygen atoms in total. The van der Waals surface area contributed by atoms with E-state index in [1.54, 1.807) is 0 Å². The number of hydrogen-bond acceptors (Lipinski definition) is 5. The highest BCUT2D eigenvalue weighted by Crippen LogP contribution is 2.17. The Hall–Kier alpha value is -2.41. The zero-order valence-electron chi connectivity index (χ0n) is 14.3. The average molecular weight is 345 g/mol. The van der Waals surface area contributed by atoms with Gasteiger partial charge in [0.15, 0.2) is 0 Å². The highest BCUT2D eigenvalue weighted by atomic mass is 16.6. The first-order valence-corrected chi connectivity index (χ1v) is 8.57. The fraction of sp³-hybridized carbons (Fsp3) is 0.500. The summed E-state index contributed by atoms with van der Waals surface area (Å²) in [6, 6.07) is 7.89. The van der Waals surface area contributed by atoms with Gasteiger partial charge in [0.2, 0.25) is 12.0 Å². The summed E-state index contributed by atoms with van der Waals surface area (Å²) in [7, 11) is 0. The van der Waals surface area contributed by atoms with Gasteiger partial charge in [0.25, 0.3) is 5.91 Å². The minimum Gasteiger partial charge on any atom is -0.382 e. The minimum absolute atomic E-state index is 0.0781. The maximum absolute atomic E-state index is 12.1. The first kappa shape index (κ1) is 17.4. The van der Waals surface area contributed by atoms with Crippen LogP contribution in [0.2, 0.25) is 0 Å². The molecule has 0 saturated carbocycles. The second-order valence-electron chi connectivity index (χ2n) is 6.36. The zero-order chi connectivity index (χ0) is 17.6. The van der Waals surface area contributed by atoms with Crippen LogP contribution in [0.1, 0.15) is 30.4 Å². The van der Waals surface area contributed by atoms with Gasteiger partial charge >= 0.3 is 0 Å². The van der Waals surface area contributed by atoms with E-state index in [0.29, 0.717) is 13.0 Å².